The van der Waals surface area contributed by atoms with Crippen LogP contribution >= 0.6 is 0 Å². The Kier molecular flexibility index (Phi) is 4.69. The van der Waals surface area contributed by atoms with E-state index in [-0.39, 0.29) is 0 Å². The lowest BCUT2D eigenvalue weighted by Crippen LogP contribution is -2.49. The van der Waals surface area contributed by atoms with Crippen molar-refractivity contribution in [1.29, 1.82) is 0 Å². The molecule has 3 heterocycles. The molecule has 0 fully saturated rings. The molecular formula is C28H28N3+. The molecule has 1 aromatic heterocycles. The third kappa shape index (κ3) is 3.39. The van der Waals surface area contributed by atoms with E-state index in [2.05, 4.69) is 99.4 Å². The Labute approximate surface area is 183 Å². The van der Waals surface area contributed by atoms with Crippen LogP contribution < -0.4 is 0 Å². The Balaban J connectivity index is 1.39. The quantitative estimate of drug-likeness (QED) is 0.482. The summed E-state index contributed by atoms with van der Waals surface area (Å²) >= 11 is 0. The van der Waals surface area contributed by atoms with Gasteiger partial charge in [-0.1, -0.05) is 78.9 Å². The van der Waals surface area contributed by atoms with Crippen molar-refractivity contribution in [3.63, 3.8) is 0 Å². The zero-order chi connectivity index (χ0) is 20.6. The van der Waals surface area contributed by atoms with Crippen molar-refractivity contribution in [2.24, 2.45) is 0 Å². The highest BCUT2D eigenvalue weighted by atomic mass is 15.3. The van der Waals surface area contributed by atoms with Crippen LogP contribution in [0.3, 0.4) is 0 Å². The van der Waals surface area contributed by atoms with Crippen molar-refractivity contribution < 1.29 is 4.58 Å². The lowest BCUT2D eigenvalue weighted by atomic mass is 9.86. The molecule has 154 valence electrons. The summed E-state index contributed by atoms with van der Waals surface area (Å²) in [7, 11) is 0. The van der Waals surface area contributed by atoms with E-state index in [4.69, 9.17) is 0 Å². The molecule has 0 aliphatic carbocycles. The zero-order valence-corrected chi connectivity index (χ0v) is 17.8. The van der Waals surface area contributed by atoms with Gasteiger partial charge in [-0.25, -0.2) is 9.48 Å². The highest BCUT2D eigenvalue weighted by Gasteiger charge is 2.40. The fourth-order valence-electron chi connectivity index (χ4n) is 5.43. The number of aromatic nitrogens is 1. The first kappa shape index (κ1) is 18.6. The first-order chi connectivity index (χ1) is 15.4. The minimum absolute atomic E-state index is 0.387. The molecule has 3 aromatic carbocycles. The van der Waals surface area contributed by atoms with E-state index in [0.717, 1.165) is 39.1 Å². The Morgan fingerprint density at radius 1 is 0.871 bits per heavy atom. The van der Waals surface area contributed by atoms with Gasteiger partial charge in [-0.05, 0) is 29.2 Å². The largest absolute Gasteiger partial charge is 0.350 e. The zero-order valence-electron chi connectivity index (χ0n) is 17.8. The van der Waals surface area contributed by atoms with Crippen LogP contribution in [0.4, 0.5) is 0 Å². The molecular weight excluding hydrogens is 378 g/mol. The Morgan fingerprint density at radius 3 is 2.45 bits per heavy atom. The molecule has 0 radical (unpaired) electrons. The molecule has 3 heteroatoms. The Bertz CT molecular complexity index is 1240. The lowest BCUT2D eigenvalue weighted by Gasteiger charge is -2.34. The molecule has 0 bridgehead atoms. The van der Waals surface area contributed by atoms with Crippen LogP contribution in [-0.2, 0) is 12.8 Å². The highest BCUT2D eigenvalue weighted by molar-refractivity contribution is 6.07. The minimum Gasteiger partial charge on any atom is -0.350 e. The van der Waals surface area contributed by atoms with Crippen LogP contribution in [0, 0.1) is 0 Å². The fraction of sp³-hybridized carbons (Fsp3) is 0.250. The summed E-state index contributed by atoms with van der Waals surface area (Å²) in [5.74, 6) is 0.387. The van der Waals surface area contributed by atoms with Crippen molar-refractivity contribution >= 4 is 16.6 Å². The van der Waals surface area contributed by atoms with Gasteiger partial charge in [-0.2, -0.15) is 0 Å². The molecule has 4 aromatic rings. The molecule has 3 nitrogen and oxygen atoms in total. The van der Waals surface area contributed by atoms with E-state index in [0.29, 0.717) is 5.92 Å². The van der Waals surface area contributed by atoms with E-state index in [9.17, 15) is 0 Å². The molecule has 2 aliphatic heterocycles. The maximum absolute atomic E-state index is 3.79. The molecule has 0 saturated carbocycles. The summed E-state index contributed by atoms with van der Waals surface area (Å²) in [6, 6.07) is 30.7. The van der Waals surface area contributed by atoms with Gasteiger partial charge < -0.3 is 4.98 Å². The van der Waals surface area contributed by atoms with Crippen LogP contribution in [0.5, 0.6) is 0 Å². The van der Waals surface area contributed by atoms with Gasteiger partial charge in [0.15, 0.2) is 6.67 Å². The molecule has 6 rings (SSSR count). The summed E-state index contributed by atoms with van der Waals surface area (Å²) in [6.07, 6.45) is 2.21. The van der Waals surface area contributed by atoms with E-state index < -0.39 is 0 Å². The van der Waals surface area contributed by atoms with Gasteiger partial charge in [0.25, 0.3) is 0 Å². The topological polar surface area (TPSA) is 22.0 Å². The molecule has 1 N–H and O–H groups in total. The van der Waals surface area contributed by atoms with Crippen molar-refractivity contribution in [1.82, 2.24) is 9.88 Å². The molecule has 0 spiro atoms. The standard InChI is InChI=1S/C28H27N3/c1-3-9-21(10-4-1)15-17-30-19-25(22-11-5-2-6-12-22)28-27-24(16-18-31(28)20-30)23-13-7-8-14-26(23)29-27/h1-14,25H,15-20H2/p+1. The third-order valence-corrected chi connectivity index (χ3v) is 6.95. The van der Waals surface area contributed by atoms with Gasteiger partial charge in [-0.3, -0.25) is 0 Å². The van der Waals surface area contributed by atoms with Gasteiger partial charge in [0, 0.05) is 30.4 Å². The number of para-hydroxylation sites is 1. The molecule has 2 aliphatic rings. The first-order valence-corrected chi connectivity index (χ1v) is 11.4. The van der Waals surface area contributed by atoms with E-state index in [1.54, 1.807) is 0 Å². The second kappa shape index (κ2) is 7.82. The van der Waals surface area contributed by atoms with E-state index in [1.807, 2.05) is 0 Å². The molecule has 1 unspecified atom stereocenters. The van der Waals surface area contributed by atoms with Crippen LogP contribution in [0.1, 0.15) is 28.3 Å². The average Bonchev–Trinajstić information content (AvgIpc) is 3.22. The number of benzene rings is 3. The van der Waals surface area contributed by atoms with Crippen molar-refractivity contribution in [2.45, 2.75) is 18.8 Å². The van der Waals surface area contributed by atoms with Gasteiger partial charge in [0.05, 0.1) is 5.92 Å². The van der Waals surface area contributed by atoms with Crippen LogP contribution in [0.25, 0.3) is 10.9 Å². The Hall–Kier alpha value is -3.17. The molecule has 31 heavy (non-hydrogen) atoms. The number of aromatic amines is 1. The van der Waals surface area contributed by atoms with Crippen molar-refractivity contribution in [2.75, 3.05) is 26.3 Å². The van der Waals surface area contributed by atoms with Crippen molar-refractivity contribution in [3.05, 3.63) is 107 Å². The second-order valence-electron chi connectivity index (χ2n) is 8.84. The van der Waals surface area contributed by atoms with Crippen LogP contribution in [0.15, 0.2) is 84.9 Å². The number of hydrogen-bond donors (Lipinski definition) is 1. The monoisotopic (exact) mass is 406 g/mol. The van der Waals surface area contributed by atoms with E-state index in [1.165, 1.54) is 39.0 Å². The number of nitrogens with one attached hydrogen (secondary N) is 1. The normalized spacial score (nSPS) is 18.8. The minimum atomic E-state index is 0.387. The first-order valence-electron chi connectivity index (χ1n) is 11.4. The third-order valence-electron chi connectivity index (χ3n) is 6.95. The molecule has 0 amide bonds. The lowest BCUT2D eigenvalue weighted by molar-refractivity contribution is -0.556. The van der Waals surface area contributed by atoms with E-state index >= 15 is 0 Å². The summed E-state index contributed by atoms with van der Waals surface area (Å²) in [5.41, 5.74) is 8.45. The highest BCUT2D eigenvalue weighted by Crippen LogP contribution is 2.33. The Morgan fingerprint density at radius 2 is 1.61 bits per heavy atom. The number of hydrogen-bond acceptors (Lipinski definition) is 1. The van der Waals surface area contributed by atoms with Crippen molar-refractivity contribution in [3.8, 4) is 0 Å². The maximum atomic E-state index is 3.79. The predicted octanol–water partition coefficient (Wildman–Crippen LogP) is 4.83. The van der Waals surface area contributed by atoms with Gasteiger partial charge in [0.2, 0.25) is 5.71 Å². The summed E-state index contributed by atoms with van der Waals surface area (Å²) in [4.78, 5) is 6.43. The summed E-state index contributed by atoms with van der Waals surface area (Å²) < 4.78 is 2.63. The number of fused-ring (bicyclic) bond motifs is 4. The van der Waals surface area contributed by atoms with Gasteiger partial charge >= 0.3 is 0 Å². The SMILES string of the molecule is c1ccc(CCN2CC(c3ccccc3)C3=[N+](CCc4c3[nH]c3ccccc43)C2)cc1. The molecule has 0 saturated heterocycles. The van der Waals surface area contributed by atoms with Gasteiger partial charge in [0.1, 0.15) is 12.2 Å². The number of rotatable bonds is 4. The van der Waals surface area contributed by atoms with Crippen LogP contribution in [0.2, 0.25) is 0 Å². The maximum Gasteiger partial charge on any atom is 0.210 e. The average molecular weight is 407 g/mol. The summed E-state index contributed by atoms with van der Waals surface area (Å²) in [6.45, 7) is 4.27. The smallest absolute Gasteiger partial charge is 0.210 e. The predicted molar refractivity (Wildman–Crippen MR) is 127 cm³/mol. The number of nitrogens with zero attached hydrogens (tertiary/aromatic N) is 2. The van der Waals surface area contributed by atoms with Crippen LogP contribution in [-0.4, -0.2) is 46.5 Å². The molecule has 1 atom stereocenters. The fourth-order valence-corrected chi connectivity index (χ4v) is 5.43. The second-order valence-corrected chi connectivity index (χ2v) is 8.84. The van der Waals surface area contributed by atoms with Gasteiger partial charge in [-0.15, -0.1) is 0 Å². The summed E-state index contributed by atoms with van der Waals surface area (Å²) in [5, 5.41) is 1.39. The number of H-pyrrole nitrogens is 1.